The zero-order chi connectivity index (χ0) is 15.6. The molecule has 0 amide bonds. The standard InChI is InChI=1S/C14H21N3O3S/c1-9-6-7-13(10(2)8-9)21(19,20)17-12-5-3-4-11(12)14(15)16-18/h6-8,11-12,17-18H,3-5H2,1-2H3,(H2,15,16). The highest BCUT2D eigenvalue weighted by Crippen LogP contribution is 2.28. The van der Waals surface area contributed by atoms with Crippen LogP contribution in [0, 0.1) is 19.8 Å². The first-order chi connectivity index (χ1) is 9.85. The summed E-state index contributed by atoms with van der Waals surface area (Å²) in [5.74, 6) is -0.170. The van der Waals surface area contributed by atoms with Crippen molar-refractivity contribution in [1.29, 1.82) is 0 Å². The molecule has 0 saturated heterocycles. The monoisotopic (exact) mass is 311 g/mol. The fraction of sp³-hybridized carbons (Fsp3) is 0.500. The number of nitrogens with two attached hydrogens (primary N) is 1. The molecule has 1 fully saturated rings. The molecule has 0 radical (unpaired) electrons. The molecule has 2 atom stereocenters. The number of amidine groups is 1. The summed E-state index contributed by atoms with van der Waals surface area (Å²) in [4.78, 5) is 0.276. The van der Waals surface area contributed by atoms with E-state index in [1.54, 1.807) is 19.1 Å². The molecule has 1 saturated carbocycles. The number of rotatable bonds is 4. The predicted octanol–water partition coefficient (Wildman–Crippen LogP) is 1.50. The number of benzene rings is 1. The molecule has 7 heteroatoms. The molecule has 116 valence electrons. The average molecular weight is 311 g/mol. The van der Waals surface area contributed by atoms with Crippen LogP contribution in [0.1, 0.15) is 30.4 Å². The van der Waals surface area contributed by atoms with E-state index in [4.69, 9.17) is 10.9 Å². The summed E-state index contributed by atoms with van der Waals surface area (Å²) >= 11 is 0. The summed E-state index contributed by atoms with van der Waals surface area (Å²) in [6.45, 7) is 3.69. The zero-order valence-electron chi connectivity index (χ0n) is 12.2. The van der Waals surface area contributed by atoms with Crippen LogP contribution in [0.4, 0.5) is 0 Å². The van der Waals surface area contributed by atoms with E-state index in [1.807, 2.05) is 13.0 Å². The van der Waals surface area contributed by atoms with Crippen LogP contribution >= 0.6 is 0 Å². The van der Waals surface area contributed by atoms with E-state index < -0.39 is 10.0 Å². The normalized spacial score (nSPS) is 23.4. The van der Waals surface area contributed by atoms with Crippen molar-refractivity contribution in [2.24, 2.45) is 16.8 Å². The van der Waals surface area contributed by atoms with Gasteiger partial charge >= 0.3 is 0 Å². The van der Waals surface area contributed by atoms with Crippen LogP contribution in [0.5, 0.6) is 0 Å². The minimum Gasteiger partial charge on any atom is -0.409 e. The predicted molar refractivity (Wildman–Crippen MR) is 80.8 cm³/mol. The van der Waals surface area contributed by atoms with Crippen molar-refractivity contribution in [2.45, 2.75) is 44.0 Å². The summed E-state index contributed by atoms with van der Waals surface area (Å²) in [5.41, 5.74) is 7.37. The van der Waals surface area contributed by atoms with Gasteiger partial charge in [0.25, 0.3) is 0 Å². The second-order valence-corrected chi connectivity index (χ2v) is 7.24. The minimum absolute atomic E-state index is 0.0841. The molecule has 1 aromatic rings. The van der Waals surface area contributed by atoms with Crippen molar-refractivity contribution in [2.75, 3.05) is 0 Å². The highest BCUT2D eigenvalue weighted by molar-refractivity contribution is 7.89. The maximum Gasteiger partial charge on any atom is 0.241 e. The van der Waals surface area contributed by atoms with Gasteiger partial charge in [-0.05, 0) is 38.3 Å². The third kappa shape index (κ3) is 3.36. The highest BCUT2D eigenvalue weighted by Gasteiger charge is 2.34. The summed E-state index contributed by atoms with van der Waals surface area (Å²) in [7, 11) is -3.61. The van der Waals surface area contributed by atoms with Crippen LogP contribution in [0.2, 0.25) is 0 Å². The minimum atomic E-state index is -3.61. The second kappa shape index (κ2) is 6.03. The maximum atomic E-state index is 12.5. The van der Waals surface area contributed by atoms with E-state index in [0.29, 0.717) is 12.0 Å². The lowest BCUT2D eigenvalue weighted by Crippen LogP contribution is -2.42. The Kier molecular flexibility index (Phi) is 4.53. The van der Waals surface area contributed by atoms with E-state index >= 15 is 0 Å². The first-order valence-corrected chi connectivity index (χ1v) is 8.40. The number of aryl methyl sites for hydroxylation is 2. The number of nitrogens with zero attached hydrogens (tertiary/aromatic N) is 1. The SMILES string of the molecule is Cc1ccc(S(=O)(=O)NC2CCCC2C(N)=NO)c(C)c1. The first kappa shape index (κ1) is 15.8. The molecule has 0 spiro atoms. The van der Waals surface area contributed by atoms with Gasteiger partial charge in [0.2, 0.25) is 10.0 Å². The Balaban J connectivity index is 2.25. The largest absolute Gasteiger partial charge is 0.409 e. The average Bonchev–Trinajstić information content (AvgIpc) is 2.84. The smallest absolute Gasteiger partial charge is 0.241 e. The van der Waals surface area contributed by atoms with Crippen LogP contribution in [0.15, 0.2) is 28.3 Å². The van der Waals surface area contributed by atoms with Crippen molar-refractivity contribution in [3.05, 3.63) is 29.3 Å². The lowest BCUT2D eigenvalue weighted by atomic mass is 10.0. The van der Waals surface area contributed by atoms with E-state index in [0.717, 1.165) is 18.4 Å². The molecule has 6 nitrogen and oxygen atoms in total. The molecular formula is C14H21N3O3S. The molecule has 4 N–H and O–H groups in total. The van der Waals surface area contributed by atoms with Gasteiger partial charge in [0, 0.05) is 12.0 Å². The van der Waals surface area contributed by atoms with Gasteiger partial charge in [-0.15, -0.1) is 0 Å². The van der Waals surface area contributed by atoms with Crippen molar-refractivity contribution in [3.8, 4) is 0 Å². The Bertz CT molecular complexity index is 655. The molecular weight excluding hydrogens is 290 g/mol. The summed E-state index contributed by atoms with van der Waals surface area (Å²) in [5, 5.41) is 11.8. The van der Waals surface area contributed by atoms with Gasteiger partial charge in [-0.3, -0.25) is 0 Å². The van der Waals surface area contributed by atoms with Gasteiger partial charge in [0.05, 0.1) is 4.90 Å². The zero-order valence-corrected chi connectivity index (χ0v) is 13.0. The van der Waals surface area contributed by atoms with Gasteiger partial charge < -0.3 is 10.9 Å². The van der Waals surface area contributed by atoms with Crippen molar-refractivity contribution < 1.29 is 13.6 Å². The van der Waals surface area contributed by atoms with Gasteiger partial charge in [0.1, 0.15) is 5.84 Å². The fourth-order valence-electron chi connectivity index (χ4n) is 2.89. The molecule has 1 aliphatic carbocycles. The van der Waals surface area contributed by atoms with E-state index in [9.17, 15) is 8.42 Å². The maximum absolute atomic E-state index is 12.5. The number of hydrogen-bond acceptors (Lipinski definition) is 4. The third-order valence-electron chi connectivity index (χ3n) is 3.94. The van der Waals surface area contributed by atoms with Crippen molar-refractivity contribution >= 4 is 15.9 Å². The van der Waals surface area contributed by atoms with Gasteiger partial charge in [-0.25, -0.2) is 13.1 Å². The lowest BCUT2D eigenvalue weighted by Gasteiger charge is -2.20. The Hall–Kier alpha value is -1.60. The molecule has 2 unspecified atom stereocenters. The Morgan fingerprint density at radius 1 is 1.38 bits per heavy atom. The van der Waals surface area contributed by atoms with Crippen LogP contribution in [-0.2, 0) is 10.0 Å². The van der Waals surface area contributed by atoms with Crippen LogP contribution in [0.25, 0.3) is 0 Å². The molecule has 0 aliphatic heterocycles. The van der Waals surface area contributed by atoms with Crippen LogP contribution < -0.4 is 10.5 Å². The quantitative estimate of drug-likeness (QED) is 0.339. The van der Waals surface area contributed by atoms with E-state index in [1.165, 1.54) is 0 Å². The van der Waals surface area contributed by atoms with E-state index in [2.05, 4.69) is 9.88 Å². The molecule has 2 rings (SSSR count). The van der Waals surface area contributed by atoms with Crippen LogP contribution in [0.3, 0.4) is 0 Å². The second-order valence-electron chi connectivity index (χ2n) is 5.56. The van der Waals surface area contributed by atoms with E-state index in [-0.39, 0.29) is 22.7 Å². The molecule has 1 aliphatic rings. The third-order valence-corrected chi connectivity index (χ3v) is 5.59. The first-order valence-electron chi connectivity index (χ1n) is 6.92. The van der Waals surface area contributed by atoms with Gasteiger partial charge in [-0.2, -0.15) is 0 Å². The Morgan fingerprint density at radius 3 is 2.71 bits per heavy atom. The van der Waals surface area contributed by atoms with Gasteiger partial charge in [-0.1, -0.05) is 29.3 Å². The van der Waals surface area contributed by atoms with Crippen molar-refractivity contribution in [3.63, 3.8) is 0 Å². The molecule has 0 aromatic heterocycles. The Labute approximate surface area is 125 Å². The fourth-order valence-corrected chi connectivity index (χ4v) is 4.43. The number of nitrogens with one attached hydrogen (secondary N) is 1. The number of hydrogen-bond donors (Lipinski definition) is 3. The van der Waals surface area contributed by atoms with Crippen molar-refractivity contribution in [1.82, 2.24) is 4.72 Å². The topological polar surface area (TPSA) is 105 Å². The van der Waals surface area contributed by atoms with Gasteiger partial charge in [0.15, 0.2) is 0 Å². The molecule has 0 bridgehead atoms. The summed E-state index contributed by atoms with van der Waals surface area (Å²) < 4.78 is 27.7. The lowest BCUT2D eigenvalue weighted by molar-refractivity contribution is 0.312. The summed E-state index contributed by atoms with van der Waals surface area (Å²) in [6.07, 6.45) is 2.25. The molecule has 0 heterocycles. The molecule has 1 aromatic carbocycles. The highest BCUT2D eigenvalue weighted by atomic mass is 32.2. The Morgan fingerprint density at radius 2 is 2.10 bits per heavy atom. The summed E-state index contributed by atoms with van der Waals surface area (Å²) in [6, 6.07) is 4.90. The molecule has 21 heavy (non-hydrogen) atoms. The van der Waals surface area contributed by atoms with Crippen LogP contribution in [-0.4, -0.2) is 25.5 Å². The number of sulfonamides is 1. The number of oxime groups is 1.